The van der Waals surface area contributed by atoms with Crippen LogP contribution in [0.4, 0.5) is 34.1 Å². The molecular formula is C67H56N2Si2. The molecule has 0 fully saturated rings. The Labute approximate surface area is 420 Å². The van der Waals surface area contributed by atoms with Crippen LogP contribution >= 0.6 is 0 Å². The van der Waals surface area contributed by atoms with Crippen molar-refractivity contribution in [2.45, 2.75) is 44.7 Å². The van der Waals surface area contributed by atoms with E-state index in [1.165, 1.54) is 104 Å². The van der Waals surface area contributed by atoms with Crippen molar-refractivity contribution < 1.29 is 0 Å². The first-order chi connectivity index (χ1) is 34.5. The highest BCUT2D eigenvalue weighted by Crippen LogP contribution is 2.65. The fraction of sp³-hybridized carbons (Fsp3) is 0.104. The van der Waals surface area contributed by atoms with Gasteiger partial charge in [0.05, 0.1) is 38.6 Å². The largest absolute Gasteiger partial charge is 0.310 e. The topological polar surface area (TPSA) is 6.48 Å². The maximum absolute atomic E-state index is 2.59. The molecule has 0 heterocycles. The van der Waals surface area contributed by atoms with Crippen LogP contribution in [0.1, 0.15) is 22.3 Å². The third-order valence-corrected chi connectivity index (χ3v) is 19.7. The molecule has 2 aliphatic rings. The lowest BCUT2D eigenvalue weighted by molar-refractivity contribution is 0.794. The smallest absolute Gasteiger partial charge is 0.0775 e. The Bertz CT molecular complexity index is 3860. The summed E-state index contributed by atoms with van der Waals surface area (Å²) >= 11 is 0. The monoisotopic (exact) mass is 944 g/mol. The van der Waals surface area contributed by atoms with Gasteiger partial charge in [0, 0.05) is 33.2 Å². The number of hydrogen-bond acceptors (Lipinski definition) is 2. The Hall–Kier alpha value is -7.77. The first-order valence-electron chi connectivity index (χ1n) is 25.2. The third kappa shape index (κ3) is 6.65. The van der Waals surface area contributed by atoms with E-state index in [4.69, 9.17) is 0 Å². The van der Waals surface area contributed by atoms with Gasteiger partial charge < -0.3 is 9.80 Å². The van der Waals surface area contributed by atoms with Gasteiger partial charge in [0.2, 0.25) is 0 Å². The van der Waals surface area contributed by atoms with Gasteiger partial charge in [-0.1, -0.05) is 226 Å². The Morgan fingerprint density at radius 2 is 0.732 bits per heavy atom. The highest BCUT2D eigenvalue weighted by Gasteiger charge is 2.53. The average Bonchev–Trinajstić information content (AvgIpc) is 3.86. The van der Waals surface area contributed by atoms with Gasteiger partial charge in [0.25, 0.3) is 0 Å². The molecule has 1 spiro atoms. The van der Waals surface area contributed by atoms with Crippen molar-refractivity contribution in [3.05, 3.63) is 253 Å². The number of rotatable bonds is 8. The zero-order valence-electron chi connectivity index (χ0n) is 41.3. The van der Waals surface area contributed by atoms with Crippen LogP contribution in [0.5, 0.6) is 0 Å². The van der Waals surface area contributed by atoms with E-state index >= 15 is 0 Å². The average molecular weight is 945 g/mol. The minimum atomic E-state index is -1.58. The standard InChI is InChI=1S/C67H56N2Si2/c1-70(2,3)50-38-33-47(34-39-50)68(63-31-17-21-45-19-7-9-23-52(45)63)49-37-42-58-61(43-49)67(59-29-15-13-25-54(59)55-26-14-16-30-60(55)67)62-44-65(56-27-11-12-28-57(56)66(58)62)69(48-35-40-51(41-36-48)71(4,5)6)64-32-18-22-46-20-8-10-24-53(46)64/h7-44H,1-6H3. The van der Waals surface area contributed by atoms with Crippen LogP contribution in [0, 0.1) is 0 Å². The van der Waals surface area contributed by atoms with E-state index in [0.717, 1.165) is 17.1 Å². The molecule has 0 N–H and O–H groups in total. The molecule has 2 nitrogen and oxygen atoms in total. The van der Waals surface area contributed by atoms with Crippen LogP contribution < -0.4 is 20.2 Å². The molecule has 4 heteroatoms. The van der Waals surface area contributed by atoms with E-state index in [9.17, 15) is 0 Å². The summed E-state index contributed by atoms with van der Waals surface area (Å²) in [6, 6.07) is 87.7. The Morgan fingerprint density at radius 1 is 0.296 bits per heavy atom. The summed E-state index contributed by atoms with van der Waals surface area (Å²) < 4.78 is 0. The second-order valence-electron chi connectivity index (χ2n) is 21.7. The fourth-order valence-corrected chi connectivity index (χ4v) is 14.5. The molecule has 0 saturated carbocycles. The molecule has 0 atom stereocenters. The zero-order valence-corrected chi connectivity index (χ0v) is 43.3. The summed E-state index contributed by atoms with van der Waals surface area (Å²) in [5, 5.41) is 10.3. The molecular weight excluding hydrogens is 889 g/mol. The lowest BCUT2D eigenvalue weighted by Crippen LogP contribution is -2.37. The Kier molecular flexibility index (Phi) is 9.84. The van der Waals surface area contributed by atoms with Gasteiger partial charge in [-0.05, 0) is 115 Å². The minimum absolute atomic E-state index is 0.620. The SMILES string of the molecule is C[Si](C)(C)c1ccc(N(c2ccc3c(c2)C2(c4ccccc4-c4ccccc42)c2cc(N(c4ccc([Si](C)(C)C)cc4)c4cccc5ccccc45)c4ccccc4c2-3)c2cccc3ccccc23)cc1. The highest BCUT2D eigenvalue weighted by atomic mass is 28.3. The normalized spacial score (nSPS) is 13.3. The fourth-order valence-electron chi connectivity index (χ4n) is 12.1. The maximum atomic E-state index is 2.59. The van der Waals surface area contributed by atoms with E-state index in [0.29, 0.717) is 0 Å². The molecule has 0 aliphatic heterocycles. The summed E-state index contributed by atoms with van der Waals surface area (Å²) in [4.78, 5) is 5.07. The first kappa shape index (κ1) is 43.3. The van der Waals surface area contributed by atoms with E-state index in [1.807, 2.05) is 0 Å². The zero-order chi connectivity index (χ0) is 48.2. The molecule has 13 rings (SSSR count). The molecule has 71 heavy (non-hydrogen) atoms. The van der Waals surface area contributed by atoms with E-state index in [-0.39, 0.29) is 0 Å². The van der Waals surface area contributed by atoms with Crippen molar-refractivity contribution in [1.29, 1.82) is 0 Å². The summed E-state index contributed by atoms with van der Waals surface area (Å²) in [5.41, 5.74) is 16.8. The molecule has 11 aromatic carbocycles. The van der Waals surface area contributed by atoms with Crippen LogP contribution in [-0.4, -0.2) is 16.1 Å². The molecule has 11 aromatic rings. The summed E-state index contributed by atoms with van der Waals surface area (Å²) in [6.07, 6.45) is 0. The second kappa shape index (κ2) is 16.1. The van der Waals surface area contributed by atoms with Crippen molar-refractivity contribution in [2.75, 3.05) is 9.80 Å². The van der Waals surface area contributed by atoms with Crippen molar-refractivity contribution in [3.63, 3.8) is 0 Å². The predicted molar refractivity (Wildman–Crippen MR) is 311 cm³/mol. The first-order valence-corrected chi connectivity index (χ1v) is 32.2. The summed E-state index contributed by atoms with van der Waals surface area (Å²) in [5.74, 6) is 0. The van der Waals surface area contributed by atoms with E-state index in [2.05, 4.69) is 280 Å². The molecule has 2 aliphatic carbocycles. The number of fused-ring (bicyclic) bond motifs is 14. The molecule has 0 radical (unpaired) electrons. The molecule has 0 amide bonds. The van der Waals surface area contributed by atoms with Crippen molar-refractivity contribution >= 4 is 93.0 Å². The van der Waals surface area contributed by atoms with Gasteiger partial charge in [-0.15, -0.1) is 0 Å². The van der Waals surface area contributed by atoms with Crippen molar-refractivity contribution in [1.82, 2.24) is 0 Å². The van der Waals surface area contributed by atoms with Crippen molar-refractivity contribution in [3.8, 4) is 22.3 Å². The second-order valence-corrected chi connectivity index (χ2v) is 31.9. The van der Waals surface area contributed by atoms with E-state index in [1.54, 1.807) is 0 Å². The summed E-state index contributed by atoms with van der Waals surface area (Å²) in [6.45, 7) is 14.6. The van der Waals surface area contributed by atoms with Gasteiger partial charge in [0.15, 0.2) is 0 Å². The Morgan fingerprint density at radius 3 is 1.28 bits per heavy atom. The molecule has 0 saturated heterocycles. The minimum Gasteiger partial charge on any atom is -0.310 e. The molecule has 0 bridgehead atoms. The maximum Gasteiger partial charge on any atom is 0.0775 e. The van der Waals surface area contributed by atoms with Crippen LogP contribution in [0.3, 0.4) is 0 Å². The van der Waals surface area contributed by atoms with Gasteiger partial charge >= 0.3 is 0 Å². The van der Waals surface area contributed by atoms with Crippen molar-refractivity contribution in [2.24, 2.45) is 0 Å². The highest BCUT2D eigenvalue weighted by molar-refractivity contribution is 6.89. The van der Waals surface area contributed by atoms with E-state index < -0.39 is 21.6 Å². The lowest BCUT2D eigenvalue weighted by Gasteiger charge is -2.34. The number of anilines is 6. The third-order valence-electron chi connectivity index (χ3n) is 15.6. The number of nitrogens with zero attached hydrogens (tertiary/aromatic N) is 2. The quantitative estimate of drug-likeness (QED) is 0.140. The molecule has 0 aromatic heterocycles. The number of benzene rings is 11. The van der Waals surface area contributed by atoms with Gasteiger partial charge in [-0.3, -0.25) is 0 Å². The van der Waals surface area contributed by atoms with Gasteiger partial charge in [-0.2, -0.15) is 0 Å². The van der Waals surface area contributed by atoms with Gasteiger partial charge in [-0.25, -0.2) is 0 Å². The lowest BCUT2D eigenvalue weighted by atomic mass is 9.70. The summed E-state index contributed by atoms with van der Waals surface area (Å²) in [7, 11) is -3.13. The van der Waals surface area contributed by atoms with Crippen LogP contribution in [0.2, 0.25) is 39.3 Å². The Balaban J connectivity index is 1.13. The number of hydrogen-bond donors (Lipinski definition) is 0. The van der Waals surface area contributed by atoms with Crippen LogP contribution in [0.25, 0.3) is 54.6 Å². The van der Waals surface area contributed by atoms with Gasteiger partial charge in [0.1, 0.15) is 0 Å². The predicted octanol–water partition coefficient (Wildman–Crippen LogP) is 17.5. The molecule has 0 unspecified atom stereocenters. The van der Waals surface area contributed by atoms with Crippen LogP contribution in [-0.2, 0) is 5.41 Å². The molecule has 342 valence electrons. The van der Waals surface area contributed by atoms with Crippen LogP contribution in [0.15, 0.2) is 231 Å².